The van der Waals surface area contributed by atoms with Gasteiger partial charge in [-0.15, -0.1) is 0 Å². The van der Waals surface area contributed by atoms with Crippen LogP contribution in [0.15, 0.2) is 18.3 Å². The number of fused-ring (bicyclic) bond motifs is 1. The van der Waals surface area contributed by atoms with E-state index in [1.54, 1.807) is 16.7 Å². The molecule has 0 spiro atoms. The largest absolute Gasteiger partial charge is 0.506 e. The van der Waals surface area contributed by atoms with Gasteiger partial charge in [0.25, 0.3) is 0 Å². The lowest BCUT2D eigenvalue weighted by molar-refractivity contribution is 0.0692. The van der Waals surface area contributed by atoms with Crippen molar-refractivity contribution < 1.29 is 15.0 Å². The van der Waals surface area contributed by atoms with Gasteiger partial charge in [-0.25, -0.2) is 9.78 Å². The maximum Gasteiger partial charge on any atom is 0.356 e. The molecule has 2 aromatic rings. The summed E-state index contributed by atoms with van der Waals surface area (Å²) in [6, 6.07) is 3.15. The zero-order valence-corrected chi connectivity index (χ0v) is 9.63. The van der Waals surface area contributed by atoms with Crippen molar-refractivity contribution in [3.8, 4) is 5.75 Å². The number of carbonyl (C=O) groups is 1. The normalized spacial score (nSPS) is 15.8. The third-order valence-electron chi connectivity index (χ3n) is 3.26. The molecule has 0 aliphatic carbocycles. The van der Waals surface area contributed by atoms with Gasteiger partial charge in [-0.3, -0.25) is 4.40 Å². The van der Waals surface area contributed by atoms with Gasteiger partial charge in [0.15, 0.2) is 5.69 Å². The highest BCUT2D eigenvalue weighted by atomic mass is 16.4. The molecule has 0 atom stereocenters. The molecule has 6 heteroatoms. The van der Waals surface area contributed by atoms with Gasteiger partial charge in [0.1, 0.15) is 17.1 Å². The smallest absolute Gasteiger partial charge is 0.356 e. The van der Waals surface area contributed by atoms with E-state index in [0.717, 1.165) is 13.1 Å². The lowest BCUT2D eigenvalue weighted by Gasteiger charge is -2.26. The molecular formula is C12H13N3O3. The van der Waals surface area contributed by atoms with Gasteiger partial charge in [-0.1, -0.05) is 0 Å². The molecular weight excluding hydrogens is 234 g/mol. The number of imidazole rings is 1. The summed E-state index contributed by atoms with van der Waals surface area (Å²) in [5.41, 5.74) is 0.183. The summed E-state index contributed by atoms with van der Waals surface area (Å²) in [7, 11) is 0. The fourth-order valence-corrected chi connectivity index (χ4v) is 2.23. The monoisotopic (exact) mass is 247 g/mol. The molecule has 1 aliphatic rings. The number of rotatable bonds is 3. The van der Waals surface area contributed by atoms with Gasteiger partial charge in [-0.2, -0.15) is 0 Å². The summed E-state index contributed by atoms with van der Waals surface area (Å²) in [6.45, 7) is 1.85. The third kappa shape index (κ3) is 1.62. The molecule has 3 N–H and O–H groups in total. The van der Waals surface area contributed by atoms with Crippen LogP contribution in [0.3, 0.4) is 0 Å². The van der Waals surface area contributed by atoms with E-state index in [2.05, 4.69) is 10.3 Å². The number of carboxylic acids is 1. The highest BCUT2D eigenvalue weighted by Crippen LogP contribution is 2.25. The predicted octanol–water partition coefficient (Wildman–Crippen LogP) is 0.500. The van der Waals surface area contributed by atoms with Crippen molar-refractivity contribution in [3.63, 3.8) is 0 Å². The molecule has 3 rings (SSSR count). The number of carboxylic acid groups (broad SMARTS) is 1. The number of aromatic hydroxyl groups is 1. The average Bonchev–Trinajstić information content (AvgIpc) is 2.64. The van der Waals surface area contributed by atoms with Gasteiger partial charge in [0.05, 0.1) is 0 Å². The van der Waals surface area contributed by atoms with E-state index in [1.165, 1.54) is 6.07 Å². The molecule has 0 bridgehead atoms. The van der Waals surface area contributed by atoms with Gasteiger partial charge in [0, 0.05) is 12.6 Å². The van der Waals surface area contributed by atoms with Crippen LogP contribution >= 0.6 is 0 Å². The Labute approximate surface area is 103 Å². The predicted molar refractivity (Wildman–Crippen MR) is 63.9 cm³/mol. The lowest BCUT2D eigenvalue weighted by atomic mass is 9.99. The van der Waals surface area contributed by atoms with Crippen molar-refractivity contribution in [3.05, 3.63) is 29.8 Å². The van der Waals surface area contributed by atoms with E-state index in [0.29, 0.717) is 18.2 Å². The molecule has 18 heavy (non-hydrogen) atoms. The molecule has 0 saturated carbocycles. The Balaban J connectivity index is 2.13. The van der Waals surface area contributed by atoms with Crippen molar-refractivity contribution in [2.24, 2.45) is 5.92 Å². The topological polar surface area (TPSA) is 86.9 Å². The molecule has 0 unspecified atom stereocenters. The molecule has 0 radical (unpaired) electrons. The first-order valence-corrected chi connectivity index (χ1v) is 5.79. The Morgan fingerprint density at radius 1 is 1.56 bits per heavy atom. The van der Waals surface area contributed by atoms with Gasteiger partial charge >= 0.3 is 5.97 Å². The SMILES string of the molecule is O=C(O)c1nc(CC2CNC2)n2cccc(O)c12. The van der Waals surface area contributed by atoms with Crippen LogP contribution in [-0.2, 0) is 6.42 Å². The quantitative estimate of drug-likeness (QED) is 0.735. The van der Waals surface area contributed by atoms with Gasteiger partial charge in [0.2, 0.25) is 0 Å². The summed E-state index contributed by atoms with van der Waals surface area (Å²) in [5.74, 6) is -0.00300. The Bertz CT molecular complexity index is 616. The molecule has 6 nitrogen and oxygen atoms in total. The summed E-state index contributed by atoms with van der Waals surface area (Å²) in [6.07, 6.45) is 2.45. The number of nitrogens with zero attached hydrogens (tertiary/aromatic N) is 2. The minimum absolute atomic E-state index is 0.0552. The molecule has 1 saturated heterocycles. The molecule has 1 fully saturated rings. The zero-order valence-electron chi connectivity index (χ0n) is 9.63. The van der Waals surface area contributed by atoms with Crippen LogP contribution < -0.4 is 5.32 Å². The first-order chi connectivity index (χ1) is 8.66. The van der Waals surface area contributed by atoms with E-state index in [9.17, 15) is 9.90 Å². The third-order valence-corrected chi connectivity index (χ3v) is 3.26. The van der Waals surface area contributed by atoms with Crippen molar-refractivity contribution in [1.29, 1.82) is 0 Å². The zero-order chi connectivity index (χ0) is 12.7. The minimum Gasteiger partial charge on any atom is -0.506 e. The second-order valence-electron chi connectivity index (χ2n) is 4.52. The molecule has 1 aliphatic heterocycles. The van der Waals surface area contributed by atoms with Crippen LogP contribution in [0, 0.1) is 5.92 Å². The number of pyridine rings is 1. The van der Waals surface area contributed by atoms with Crippen molar-refractivity contribution in [1.82, 2.24) is 14.7 Å². The van der Waals surface area contributed by atoms with E-state index in [4.69, 9.17) is 5.11 Å². The first kappa shape index (κ1) is 11.0. The van der Waals surface area contributed by atoms with E-state index in [1.807, 2.05) is 0 Å². The van der Waals surface area contributed by atoms with Gasteiger partial charge < -0.3 is 15.5 Å². The van der Waals surface area contributed by atoms with Crippen LogP contribution in [0.25, 0.3) is 5.52 Å². The number of hydrogen-bond acceptors (Lipinski definition) is 4. The molecule has 94 valence electrons. The summed E-state index contributed by atoms with van der Waals surface area (Å²) >= 11 is 0. The van der Waals surface area contributed by atoms with E-state index >= 15 is 0 Å². The second-order valence-corrected chi connectivity index (χ2v) is 4.52. The van der Waals surface area contributed by atoms with E-state index in [-0.39, 0.29) is 17.0 Å². The number of aromatic carboxylic acids is 1. The van der Waals surface area contributed by atoms with Crippen molar-refractivity contribution >= 4 is 11.5 Å². The van der Waals surface area contributed by atoms with Crippen molar-refractivity contribution in [2.75, 3.05) is 13.1 Å². The summed E-state index contributed by atoms with van der Waals surface area (Å²) in [5, 5.41) is 22.1. The molecule has 0 amide bonds. The van der Waals surface area contributed by atoms with Crippen LogP contribution in [-0.4, -0.2) is 38.7 Å². The van der Waals surface area contributed by atoms with Crippen molar-refractivity contribution in [2.45, 2.75) is 6.42 Å². The Kier molecular flexibility index (Phi) is 2.45. The first-order valence-electron chi connectivity index (χ1n) is 5.79. The fraction of sp³-hybridized carbons (Fsp3) is 0.333. The summed E-state index contributed by atoms with van der Waals surface area (Å²) < 4.78 is 1.66. The Morgan fingerprint density at radius 2 is 2.33 bits per heavy atom. The minimum atomic E-state index is -1.12. The maximum absolute atomic E-state index is 11.2. The molecule has 0 aromatic carbocycles. The highest BCUT2D eigenvalue weighted by Gasteiger charge is 2.24. The van der Waals surface area contributed by atoms with Crippen LogP contribution in [0.2, 0.25) is 0 Å². The van der Waals surface area contributed by atoms with E-state index < -0.39 is 5.97 Å². The average molecular weight is 247 g/mol. The van der Waals surface area contributed by atoms with Crippen LogP contribution in [0.1, 0.15) is 16.3 Å². The number of aromatic nitrogens is 2. The van der Waals surface area contributed by atoms with Crippen LogP contribution in [0.4, 0.5) is 0 Å². The Hall–Kier alpha value is -2.08. The number of hydrogen-bond donors (Lipinski definition) is 3. The Morgan fingerprint density at radius 3 is 2.94 bits per heavy atom. The highest BCUT2D eigenvalue weighted by molar-refractivity contribution is 5.95. The molecule has 3 heterocycles. The standard InChI is InChI=1S/C12H13N3O3/c16-8-2-1-3-15-9(4-7-5-13-6-7)14-10(11(8)15)12(17)18/h1-3,7,13,16H,4-6H2,(H,17,18). The number of nitrogens with one attached hydrogen (secondary N) is 1. The summed E-state index contributed by atoms with van der Waals surface area (Å²) in [4.78, 5) is 15.3. The van der Waals surface area contributed by atoms with Gasteiger partial charge in [-0.05, 0) is 31.1 Å². The fourth-order valence-electron chi connectivity index (χ4n) is 2.23. The van der Waals surface area contributed by atoms with Crippen LogP contribution in [0.5, 0.6) is 5.75 Å². The lowest BCUT2D eigenvalue weighted by Crippen LogP contribution is -2.43. The molecule has 2 aromatic heterocycles. The second kappa shape index (κ2) is 3.99. The maximum atomic E-state index is 11.2.